The molecule has 0 amide bonds. The number of hydrogen-bond acceptors (Lipinski definition) is 3. The van der Waals surface area contributed by atoms with Crippen LogP contribution >= 0.6 is 0 Å². The molecule has 0 radical (unpaired) electrons. The molecule has 17 heavy (non-hydrogen) atoms. The van der Waals surface area contributed by atoms with Crippen molar-refractivity contribution >= 4 is 5.82 Å². The van der Waals surface area contributed by atoms with Gasteiger partial charge in [0.15, 0.2) is 0 Å². The number of pyridine rings is 1. The molecule has 0 saturated heterocycles. The smallest absolute Gasteiger partial charge is 0.126 e. The zero-order valence-electron chi connectivity index (χ0n) is 10.3. The predicted molar refractivity (Wildman–Crippen MR) is 70.1 cm³/mol. The first-order chi connectivity index (χ1) is 8.31. The van der Waals surface area contributed by atoms with E-state index in [1.54, 1.807) is 0 Å². The molecule has 1 aromatic rings. The van der Waals surface area contributed by atoms with Gasteiger partial charge in [-0.15, -0.1) is 0 Å². The summed E-state index contributed by atoms with van der Waals surface area (Å²) < 4.78 is 0. The number of nitrogens with one attached hydrogen (secondary N) is 1. The van der Waals surface area contributed by atoms with E-state index in [0.717, 1.165) is 31.7 Å². The van der Waals surface area contributed by atoms with E-state index in [1.165, 1.54) is 36.9 Å². The fraction of sp³-hybridized carbons (Fsp3) is 0.643. The van der Waals surface area contributed by atoms with Gasteiger partial charge in [0, 0.05) is 12.2 Å². The number of aromatic nitrogens is 1. The van der Waals surface area contributed by atoms with Crippen LogP contribution in [-0.2, 0) is 12.8 Å². The third-order valence-corrected chi connectivity index (χ3v) is 4.20. The zero-order valence-corrected chi connectivity index (χ0v) is 10.3. The van der Waals surface area contributed by atoms with Crippen LogP contribution in [0.1, 0.15) is 36.9 Å². The van der Waals surface area contributed by atoms with Crippen molar-refractivity contribution in [3.05, 3.63) is 23.4 Å². The van der Waals surface area contributed by atoms with Crippen molar-refractivity contribution in [1.29, 1.82) is 0 Å². The van der Waals surface area contributed by atoms with Crippen molar-refractivity contribution in [1.82, 2.24) is 4.98 Å². The van der Waals surface area contributed by atoms with Gasteiger partial charge in [0.1, 0.15) is 5.82 Å². The highest BCUT2D eigenvalue weighted by Gasteiger charge is 2.41. The summed E-state index contributed by atoms with van der Waals surface area (Å²) in [5, 5.41) is 3.50. The molecule has 0 bridgehead atoms. The van der Waals surface area contributed by atoms with Gasteiger partial charge in [0.05, 0.1) is 0 Å². The highest BCUT2D eigenvalue weighted by molar-refractivity contribution is 5.40. The summed E-state index contributed by atoms with van der Waals surface area (Å²) in [4.78, 5) is 4.70. The molecule has 2 aliphatic rings. The molecule has 3 heteroatoms. The summed E-state index contributed by atoms with van der Waals surface area (Å²) in [7, 11) is 0. The molecule has 1 saturated carbocycles. The number of nitrogens with zero attached hydrogens (tertiary/aromatic N) is 1. The maximum atomic E-state index is 5.65. The lowest BCUT2D eigenvalue weighted by molar-refractivity contribution is 0.500. The van der Waals surface area contributed by atoms with Crippen LogP contribution in [-0.4, -0.2) is 18.1 Å². The Morgan fingerprint density at radius 2 is 2.18 bits per heavy atom. The van der Waals surface area contributed by atoms with Gasteiger partial charge in [-0.3, -0.25) is 0 Å². The predicted octanol–water partition coefficient (Wildman–Crippen LogP) is 2.11. The summed E-state index contributed by atoms with van der Waals surface area (Å²) in [5.74, 6) is 1.05. The Labute approximate surface area is 103 Å². The molecule has 1 aromatic heterocycles. The number of anilines is 1. The second-order valence-corrected chi connectivity index (χ2v) is 5.55. The Balaban J connectivity index is 1.62. The van der Waals surface area contributed by atoms with Crippen molar-refractivity contribution in [2.75, 3.05) is 18.4 Å². The summed E-state index contributed by atoms with van der Waals surface area (Å²) >= 11 is 0. The van der Waals surface area contributed by atoms with Gasteiger partial charge in [0.2, 0.25) is 0 Å². The molecule has 1 fully saturated rings. The van der Waals surface area contributed by atoms with Gasteiger partial charge < -0.3 is 11.1 Å². The summed E-state index contributed by atoms with van der Waals surface area (Å²) in [6, 6.07) is 4.36. The quantitative estimate of drug-likeness (QED) is 0.816. The molecule has 1 heterocycles. The third-order valence-electron chi connectivity index (χ3n) is 4.20. The average molecular weight is 231 g/mol. The Hall–Kier alpha value is -1.09. The number of nitrogens with two attached hydrogens (primary N) is 1. The number of fused-ring (bicyclic) bond motifs is 1. The van der Waals surface area contributed by atoms with Gasteiger partial charge in [-0.25, -0.2) is 4.98 Å². The fourth-order valence-corrected chi connectivity index (χ4v) is 2.80. The van der Waals surface area contributed by atoms with E-state index in [4.69, 9.17) is 10.7 Å². The minimum absolute atomic E-state index is 0.482. The van der Waals surface area contributed by atoms with E-state index in [2.05, 4.69) is 17.4 Å². The third kappa shape index (κ3) is 2.29. The topological polar surface area (TPSA) is 50.9 Å². The van der Waals surface area contributed by atoms with Crippen molar-refractivity contribution in [3.63, 3.8) is 0 Å². The van der Waals surface area contributed by atoms with Crippen LogP contribution in [0.5, 0.6) is 0 Å². The van der Waals surface area contributed by atoms with Gasteiger partial charge in [-0.2, -0.15) is 0 Å². The molecule has 0 atom stereocenters. The van der Waals surface area contributed by atoms with Crippen LogP contribution in [0.3, 0.4) is 0 Å². The molecule has 0 spiro atoms. The van der Waals surface area contributed by atoms with Gasteiger partial charge >= 0.3 is 0 Å². The van der Waals surface area contributed by atoms with Crippen LogP contribution in [0.25, 0.3) is 0 Å². The van der Waals surface area contributed by atoms with Crippen LogP contribution in [0.4, 0.5) is 5.82 Å². The summed E-state index contributed by atoms with van der Waals surface area (Å²) in [6.07, 6.45) is 7.41. The molecule has 3 rings (SSSR count). The van der Waals surface area contributed by atoms with E-state index in [-0.39, 0.29) is 0 Å². The van der Waals surface area contributed by atoms with E-state index in [0.29, 0.717) is 5.41 Å². The average Bonchev–Trinajstić information content (AvgIpc) is 2.95. The monoisotopic (exact) mass is 231 g/mol. The number of hydrogen-bond donors (Lipinski definition) is 2. The molecular weight excluding hydrogens is 210 g/mol. The van der Waals surface area contributed by atoms with Crippen LogP contribution in [0.15, 0.2) is 12.1 Å². The lowest BCUT2D eigenvalue weighted by atomic mass is 10.0. The van der Waals surface area contributed by atoms with Gasteiger partial charge in [-0.05, 0) is 62.1 Å². The SMILES string of the molecule is NCCC1(CNc2ccc3c(n2)CCC3)CC1. The Kier molecular flexibility index (Phi) is 2.79. The second kappa shape index (κ2) is 4.30. The van der Waals surface area contributed by atoms with E-state index < -0.39 is 0 Å². The maximum absolute atomic E-state index is 5.65. The Bertz CT molecular complexity index is 410. The first-order valence-electron chi connectivity index (χ1n) is 6.74. The summed E-state index contributed by atoms with van der Waals surface area (Å²) in [5.41, 5.74) is 8.88. The molecule has 0 unspecified atom stereocenters. The Morgan fingerprint density at radius 1 is 1.29 bits per heavy atom. The largest absolute Gasteiger partial charge is 0.370 e. The van der Waals surface area contributed by atoms with Gasteiger partial charge in [0.25, 0.3) is 0 Å². The fourth-order valence-electron chi connectivity index (χ4n) is 2.80. The van der Waals surface area contributed by atoms with Crippen molar-refractivity contribution in [2.24, 2.45) is 11.1 Å². The molecule has 0 aliphatic heterocycles. The molecule has 3 N–H and O–H groups in total. The van der Waals surface area contributed by atoms with E-state index in [9.17, 15) is 0 Å². The molecule has 2 aliphatic carbocycles. The van der Waals surface area contributed by atoms with Crippen molar-refractivity contribution in [3.8, 4) is 0 Å². The maximum Gasteiger partial charge on any atom is 0.126 e. The Morgan fingerprint density at radius 3 is 2.94 bits per heavy atom. The van der Waals surface area contributed by atoms with Crippen LogP contribution in [0.2, 0.25) is 0 Å². The lowest BCUT2D eigenvalue weighted by Gasteiger charge is -2.15. The van der Waals surface area contributed by atoms with Crippen molar-refractivity contribution in [2.45, 2.75) is 38.5 Å². The van der Waals surface area contributed by atoms with Crippen LogP contribution < -0.4 is 11.1 Å². The minimum Gasteiger partial charge on any atom is -0.370 e. The second-order valence-electron chi connectivity index (χ2n) is 5.55. The number of rotatable bonds is 5. The van der Waals surface area contributed by atoms with E-state index in [1.807, 2.05) is 0 Å². The minimum atomic E-state index is 0.482. The zero-order chi connectivity index (χ0) is 11.7. The number of aryl methyl sites for hydroxylation is 2. The summed E-state index contributed by atoms with van der Waals surface area (Å²) in [6.45, 7) is 1.84. The standard InChI is InChI=1S/C14H21N3/c15-9-8-14(6-7-14)10-16-13-5-4-11-2-1-3-12(11)17-13/h4-5H,1-3,6-10,15H2,(H,16,17). The van der Waals surface area contributed by atoms with Gasteiger partial charge in [-0.1, -0.05) is 6.07 Å². The first kappa shape index (κ1) is 11.0. The molecular formula is C14H21N3. The van der Waals surface area contributed by atoms with Crippen molar-refractivity contribution < 1.29 is 0 Å². The molecule has 92 valence electrons. The highest BCUT2D eigenvalue weighted by Crippen LogP contribution is 2.48. The first-order valence-corrected chi connectivity index (χ1v) is 6.74. The normalized spacial score (nSPS) is 20.1. The lowest BCUT2D eigenvalue weighted by Crippen LogP contribution is -2.19. The molecule has 3 nitrogen and oxygen atoms in total. The molecule has 0 aromatic carbocycles. The van der Waals surface area contributed by atoms with E-state index >= 15 is 0 Å². The highest BCUT2D eigenvalue weighted by atomic mass is 15.0. The van der Waals surface area contributed by atoms with Crippen LogP contribution in [0, 0.1) is 5.41 Å².